The molecule has 15 heavy (non-hydrogen) atoms. The van der Waals surface area contributed by atoms with Crippen molar-refractivity contribution in [2.75, 3.05) is 12.4 Å². The fourth-order valence-corrected chi connectivity index (χ4v) is 1.80. The summed E-state index contributed by atoms with van der Waals surface area (Å²) in [4.78, 5) is 11.2. The molecule has 4 nitrogen and oxygen atoms in total. The normalized spacial score (nSPS) is 14.4. The van der Waals surface area contributed by atoms with E-state index in [-0.39, 0.29) is 5.91 Å². The van der Waals surface area contributed by atoms with Gasteiger partial charge >= 0.3 is 0 Å². The maximum atomic E-state index is 11.2. The molecule has 0 saturated heterocycles. The van der Waals surface area contributed by atoms with Gasteiger partial charge in [0.15, 0.2) is 0 Å². The molecule has 0 saturated carbocycles. The summed E-state index contributed by atoms with van der Waals surface area (Å²) in [5.74, 6) is 0.864. The topological polar surface area (TPSA) is 64.3 Å². The number of benzene rings is 1. The zero-order valence-corrected chi connectivity index (χ0v) is 8.67. The van der Waals surface area contributed by atoms with Crippen LogP contribution < -0.4 is 15.8 Å². The Morgan fingerprint density at radius 1 is 1.47 bits per heavy atom. The Kier molecular flexibility index (Phi) is 2.60. The second-order valence-corrected chi connectivity index (χ2v) is 3.57. The number of hydrogen-bond donors (Lipinski definition) is 2. The van der Waals surface area contributed by atoms with Crippen LogP contribution in [0.25, 0.3) is 0 Å². The molecule has 80 valence electrons. The van der Waals surface area contributed by atoms with Crippen LogP contribution in [-0.2, 0) is 17.8 Å². The van der Waals surface area contributed by atoms with Crippen molar-refractivity contribution in [2.45, 2.75) is 19.4 Å². The zero-order chi connectivity index (χ0) is 10.8. The number of hydrogen-bond acceptors (Lipinski definition) is 3. The van der Waals surface area contributed by atoms with Crippen LogP contribution in [0.2, 0.25) is 0 Å². The molecule has 0 aliphatic carbocycles. The number of carbonyl (C=O) groups excluding carboxylic acids is 1. The minimum atomic E-state index is 0.0654. The fourth-order valence-electron chi connectivity index (χ4n) is 1.80. The highest BCUT2D eigenvalue weighted by molar-refractivity contribution is 5.94. The summed E-state index contributed by atoms with van der Waals surface area (Å²) in [6.45, 7) is 0.409. The average Bonchev–Trinajstić information content (AvgIpc) is 2.27. The highest BCUT2D eigenvalue weighted by atomic mass is 16.5. The van der Waals surface area contributed by atoms with E-state index in [4.69, 9.17) is 10.5 Å². The van der Waals surface area contributed by atoms with Crippen molar-refractivity contribution < 1.29 is 9.53 Å². The lowest BCUT2D eigenvalue weighted by Crippen LogP contribution is -2.19. The monoisotopic (exact) mass is 206 g/mol. The predicted octanol–water partition coefficient (Wildman–Crippen LogP) is 1.04. The Bertz CT molecular complexity index is 402. The molecule has 0 radical (unpaired) electrons. The quantitative estimate of drug-likeness (QED) is 0.759. The molecule has 4 heteroatoms. The minimum absolute atomic E-state index is 0.0654. The summed E-state index contributed by atoms with van der Waals surface area (Å²) in [5, 5.41) is 2.84. The van der Waals surface area contributed by atoms with E-state index in [1.807, 2.05) is 12.1 Å². The van der Waals surface area contributed by atoms with Gasteiger partial charge in [0.05, 0.1) is 7.11 Å². The van der Waals surface area contributed by atoms with Crippen LogP contribution in [0.1, 0.15) is 17.5 Å². The smallest absolute Gasteiger partial charge is 0.224 e. The van der Waals surface area contributed by atoms with Crippen molar-refractivity contribution in [3.63, 3.8) is 0 Å². The van der Waals surface area contributed by atoms with E-state index in [0.717, 1.165) is 29.0 Å². The van der Waals surface area contributed by atoms with Gasteiger partial charge in [0.25, 0.3) is 0 Å². The van der Waals surface area contributed by atoms with E-state index < -0.39 is 0 Å². The number of carbonyl (C=O) groups is 1. The van der Waals surface area contributed by atoms with Crippen molar-refractivity contribution in [3.8, 4) is 5.75 Å². The van der Waals surface area contributed by atoms with Gasteiger partial charge in [-0.15, -0.1) is 0 Å². The molecule has 1 amide bonds. The first kappa shape index (κ1) is 9.98. The van der Waals surface area contributed by atoms with Gasteiger partial charge in [-0.3, -0.25) is 4.79 Å². The number of anilines is 1. The van der Waals surface area contributed by atoms with Gasteiger partial charge in [-0.1, -0.05) is 0 Å². The first-order valence-electron chi connectivity index (χ1n) is 4.94. The highest BCUT2D eigenvalue weighted by Crippen LogP contribution is 2.30. The summed E-state index contributed by atoms with van der Waals surface area (Å²) in [5.41, 5.74) is 8.50. The summed E-state index contributed by atoms with van der Waals surface area (Å²) >= 11 is 0. The Balaban J connectivity index is 2.45. The van der Waals surface area contributed by atoms with Crippen LogP contribution in [0, 0.1) is 0 Å². The van der Waals surface area contributed by atoms with Crippen LogP contribution in [0.5, 0.6) is 5.75 Å². The molecule has 0 spiro atoms. The Hall–Kier alpha value is -1.55. The summed E-state index contributed by atoms with van der Waals surface area (Å²) in [6.07, 6.45) is 1.31. The Morgan fingerprint density at radius 3 is 2.93 bits per heavy atom. The third-order valence-corrected chi connectivity index (χ3v) is 2.62. The third kappa shape index (κ3) is 1.80. The van der Waals surface area contributed by atoms with E-state index in [0.29, 0.717) is 13.0 Å². The van der Waals surface area contributed by atoms with Crippen LogP contribution in [0.15, 0.2) is 12.1 Å². The van der Waals surface area contributed by atoms with Gasteiger partial charge in [0, 0.05) is 24.2 Å². The number of amides is 1. The number of nitrogens with two attached hydrogens (primary N) is 1. The van der Waals surface area contributed by atoms with Gasteiger partial charge in [-0.2, -0.15) is 0 Å². The number of methoxy groups -OCH3 is 1. The average molecular weight is 206 g/mol. The van der Waals surface area contributed by atoms with Crippen molar-refractivity contribution in [3.05, 3.63) is 23.3 Å². The van der Waals surface area contributed by atoms with Crippen molar-refractivity contribution in [1.29, 1.82) is 0 Å². The maximum Gasteiger partial charge on any atom is 0.224 e. The largest absolute Gasteiger partial charge is 0.496 e. The lowest BCUT2D eigenvalue weighted by molar-refractivity contribution is -0.116. The molecule has 0 unspecified atom stereocenters. The van der Waals surface area contributed by atoms with E-state index in [9.17, 15) is 4.79 Å². The molecule has 1 heterocycles. The molecule has 2 rings (SSSR count). The van der Waals surface area contributed by atoms with Gasteiger partial charge < -0.3 is 15.8 Å². The van der Waals surface area contributed by atoms with Crippen molar-refractivity contribution in [2.24, 2.45) is 5.73 Å². The first-order chi connectivity index (χ1) is 7.24. The number of fused-ring (bicyclic) bond motifs is 1. The van der Waals surface area contributed by atoms with E-state index in [2.05, 4.69) is 5.32 Å². The second-order valence-electron chi connectivity index (χ2n) is 3.57. The molecule has 0 fully saturated rings. The van der Waals surface area contributed by atoms with E-state index >= 15 is 0 Å². The van der Waals surface area contributed by atoms with Gasteiger partial charge in [-0.25, -0.2) is 0 Å². The van der Waals surface area contributed by atoms with Gasteiger partial charge in [0.2, 0.25) is 5.91 Å². The molecule has 0 bridgehead atoms. The molecular weight excluding hydrogens is 192 g/mol. The molecule has 1 aromatic rings. The lowest BCUT2D eigenvalue weighted by atomic mass is 10.00. The number of aryl methyl sites for hydroxylation is 1. The van der Waals surface area contributed by atoms with Gasteiger partial charge in [-0.05, 0) is 24.1 Å². The first-order valence-corrected chi connectivity index (χ1v) is 4.94. The molecule has 0 aromatic heterocycles. The second kappa shape index (κ2) is 3.90. The molecule has 0 atom stereocenters. The molecule has 3 N–H and O–H groups in total. The number of ether oxygens (including phenoxy) is 1. The van der Waals surface area contributed by atoms with Crippen LogP contribution >= 0.6 is 0 Å². The standard InChI is InChI=1S/C11H14N2O2/c1-15-10-5-7-2-3-11(14)13-9(7)4-8(10)6-12/h4-5H,2-3,6,12H2,1H3,(H,13,14). The van der Waals surface area contributed by atoms with E-state index in [1.165, 1.54) is 0 Å². The molecule has 1 aromatic carbocycles. The predicted molar refractivity (Wildman–Crippen MR) is 57.8 cm³/mol. The van der Waals surface area contributed by atoms with Gasteiger partial charge in [0.1, 0.15) is 5.75 Å². The maximum absolute atomic E-state index is 11.2. The van der Waals surface area contributed by atoms with Crippen LogP contribution in [0.3, 0.4) is 0 Å². The summed E-state index contributed by atoms with van der Waals surface area (Å²) in [7, 11) is 1.63. The molecular formula is C11H14N2O2. The van der Waals surface area contributed by atoms with Crippen molar-refractivity contribution >= 4 is 11.6 Å². The zero-order valence-electron chi connectivity index (χ0n) is 8.67. The molecule has 1 aliphatic heterocycles. The van der Waals surface area contributed by atoms with E-state index in [1.54, 1.807) is 7.11 Å². The number of nitrogens with one attached hydrogen (secondary N) is 1. The number of rotatable bonds is 2. The third-order valence-electron chi connectivity index (χ3n) is 2.62. The summed E-state index contributed by atoms with van der Waals surface area (Å²) < 4.78 is 5.24. The summed E-state index contributed by atoms with van der Waals surface area (Å²) in [6, 6.07) is 3.85. The SMILES string of the molecule is COc1cc2c(cc1CN)NC(=O)CC2. The van der Waals surface area contributed by atoms with Crippen molar-refractivity contribution in [1.82, 2.24) is 0 Å². The lowest BCUT2D eigenvalue weighted by Gasteiger charge is -2.19. The van der Waals surface area contributed by atoms with Crippen LogP contribution in [-0.4, -0.2) is 13.0 Å². The Morgan fingerprint density at radius 2 is 2.27 bits per heavy atom. The highest BCUT2D eigenvalue weighted by Gasteiger charge is 2.17. The Labute approximate surface area is 88.4 Å². The minimum Gasteiger partial charge on any atom is -0.496 e. The van der Waals surface area contributed by atoms with Crippen LogP contribution in [0.4, 0.5) is 5.69 Å². The molecule has 1 aliphatic rings. The fraction of sp³-hybridized carbons (Fsp3) is 0.364.